The molecule has 1 aromatic rings. The zero-order valence-electron chi connectivity index (χ0n) is 15.9. The quantitative estimate of drug-likeness (QED) is 0.289. The monoisotopic (exact) mass is 428 g/mol. The molecule has 0 unspecified atom stereocenters. The van der Waals surface area contributed by atoms with E-state index in [-0.39, 0.29) is 19.0 Å². The molecule has 11 heteroatoms. The molecule has 0 bridgehead atoms. The molecule has 0 aromatic heterocycles. The van der Waals surface area contributed by atoms with E-state index in [4.69, 9.17) is 23.7 Å². The second-order valence-corrected chi connectivity index (χ2v) is 7.15. The molecule has 0 N–H and O–H groups in total. The van der Waals surface area contributed by atoms with E-state index in [1.807, 2.05) is 0 Å². The largest absolute Gasteiger partial charge is 0.491 e. The number of ether oxygens (including phenoxy) is 5. The molecule has 162 valence electrons. The van der Waals surface area contributed by atoms with E-state index in [9.17, 15) is 17.2 Å². The third kappa shape index (κ3) is 11.5. The molecular weight excluding hydrogens is 402 g/mol. The lowest BCUT2D eigenvalue weighted by Gasteiger charge is -2.10. The summed E-state index contributed by atoms with van der Waals surface area (Å²) in [5, 5.41) is 0. The summed E-state index contributed by atoms with van der Waals surface area (Å²) in [5.41, 5.74) is -0.489. The molecule has 8 nitrogen and oxygen atoms in total. The summed E-state index contributed by atoms with van der Waals surface area (Å²) in [7, 11) is -2.21. The van der Waals surface area contributed by atoms with E-state index >= 15 is 0 Å². The lowest BCUT2D eigenvalue weighted by atomic mass is 10.2. The van der Waals surface area contributed by atoms with Gasteiger partial charge in [0.05, 0.1) is 64.7 Å². The highest BCUT2D eigenvalue weighted by atomic mass is 32.2. The highest BCUT2D eigenvalue weighted by Gasteiger charge is 2.14. The van der Waals surface area contributed by atoms with Gasteiger partial charge in [-0.1, -0.05) is 0 Å². The Kier molecular flexibility index (Phi) is 12.1. The van der Waals surface area contributed by atoms with Crippen molar-refractivity contribution in [3.8, 4) is 5.75 Å². The minimum absolute atomic E-state index is 0.0360. The number of benzene rings is 1. The number of hydrogen-bond acceptors (Lipinski definition) is 8. The fourth-order valence-corrected chi connectivity index (χ4v) is 2.20. The van der Waals surface area contributed by atoms with Crippen molar-refractivity contribution in [3.63, 3.8) is 0 Å². The topological polar surface area (TPSA) is 89.5 Å². The first-order chi connectivity index (χ1) is 13.3. The summed E-state index contributed by atoms with van der Waals surface area (Å²) < 4.78 is 79.8. The summed E-state index contributed by atoms with van der Waals surface area (Å²) in [6.07, 6.45) is 0.794. The minimum Gasteiger partial charge on any atom is -0.491 e. The molecule has 0 atom stereocenters. The van der Waals surface area contributed by atoms with Crippen LogP contribution >= 0.6 is 0 Å². The first kappa shape index (κ1) is 24.7. The molecule has 0 aliphatic carbocycles. The van der Waals surface area contributed by atoms with Crippen molar-refractivity contribution in [2.75, 3.05) is 66.2 Å². The predicted molar refractivity (Wildman–Crippen MR) is 95.8 cm³/mol. The molecule has 0 amide bonds. The van der Waals surface area contributed by atoms with Gasteiger partial charge in [0.25, 0.3) is 10.1 Å². The van der Waals surface area contributed by atoms with Gasteiger partial charge in [0.15, 0.2) is 0 Å². The molecule has 0 aliphatic heterocycles. The van der Waals surface area contributed by atoms with Gasteiger partial charge in [-0.2, -0.15) is 8.42 Å². The standard InChI is InChI=1S/C17H26F2O8S/c1-22-3-4-23-5-6-24-7-8-25-9-10-26-14-11-16(18)15(17(19)12-14)13-27-28(2,20)21/h11-12H,3-10,13H2,1-2H3. The van der Waals surface area contributed by atoms with Crippen molar-refractivity contribution in [1.82, 2.24) is 0 Å². The highest BCUT2D eigenvalue weighted by Crippen LogP contribution is 2.21. The van der Waals surface area contributed by atoms with Crippen LogP contribution in [0.15, 0.2) is 12.1 Å². The Morgan fingerprint density at radius 3 is 1.75 bits per heavy atom. The normalized spacial score (nSPS) is 11.7. The van der Waals surface area contributed by atoms with Crippen molar-refractivity contribution >= 4 is 10.1 Å². The van der Waals surface area contributed by atoms with Crippen LogP contribution in [0.4, 0.5) is 8.78 Å². The lowest BCUT2D eigenvalue weighted by molar-refractivity contribution is 0.000142. The second kappa shape index (κ2) is 13.7. The minimum atomic E-state index is -3.80. The van der Waals surface area contributed by atoms with Crippen molar-refractivity contribution in [3.05, 3.63) is 29.3 Å². The molecule has 0 saturated heterocycles. The summed E-state index contributed by atoms with van der Waals surface area (Å²) in [4.78, 5) is 0. The molecule has 0 radical (unpaired) electrons. The van der Waals surface area contributed by atoms with Crippen molar-refractivity contribution < 1.29 is 45.1 Å². The molecule has 0 heterocycles. The van der Waals surface area contributed by atoms with Crippen molar-refractivity contribution in [2.24, 2.45) is 0 Å². The van der Waals surface area contributed by atoms with Crippen molar-refractivity contribution in [1.29, 1.82) is 0 Å². The Morgan fingerprint density at radius 2 is 1.29 bits per heavy atom. The highest BCUT2D eigenvalue weighted by molar-refractivity contribution is 7.85. The Morgan fingerprint density at radius 1 is 0.821 bits per heavy atom. The summed E-state index contributed by atoms with van der Waals surface area (Å²) in [5.74, 6) is -1.95. The Bertz CT molecular complexity index is 646. The van der Waals surface area contributed by atoms with Crippen LogP contribution in [0.5, 0.6) is 5.75 Å². The van der Waals surface area contributed by atoms with Crippen LogP contribution in [0.2, 0.25) is 0 Å². The third-order valence-corrected chi connectivity index (χ3v) is 3.75. The van der Waals surface area contributed by atoms with Gasteiger partial charge in [-0.25, -0.2) is 8.78 Å². The van der Waals surface area contributed by atoms with Crippen LogP contribution in [-0.2, 0) is 39.9 Å². The maximum absolute atomic E-state index is 13.9. The molecule has 0 spiro atoms. The van der Waals surface area contributed by atoms with E-state index in [0.717, 1.165) is 18.4 Å². The molecule has 0 saturated carbocycles. The van der Waals surface area contributed by atoms with Gasteiger partial charge in [0, 0.05) is 19.2 Å². The van der Waals surface area contributed by atoms with E-state index < -0.39 is 33.9 Å². The van der Waals surface area contributed by atoms with Crippen LogP contribution in [-0.4, -0.2) is 74.6 Å². The Labute approximate surface area is 163 Å². The van der Waals surface area contributed by atoms with Crippen molar-refractivity contribution in [2.45, 2.75) is 6.61 Å². The van der Waals surface area contributed by atoms with E-state index in [1.165, 1.54) is 0 Å². The van der Waals surface area contributed by atoms with Gasteiger partial charge >= 0.3 is 0 Å². The predicted octanol–water partition coefficient (Wildman–Crippen LogP) is 1.52. The van der Waals surface area contributed by atoms with Gasteiger partial charge < -0.3 is 23.7 Å². The first-order valence-corrected chi connectivity index (χ1v) is 10.3. The van der Waals surface area contributed by atoms with Crippen LogP contribution in [0.25, 0.3) is 0 Å². The molecule has 28 heavy (non-hydrogen) atoms. The Balaban J connectivity index is 2.17. The number of halogens is 2. The zero-order valence-corrected chi connectivity index (χ0v) is 16.8. The molecule has 0 aliphatic rings. The molecule has 1 aromatic carbocycles. The first-order valence-electron chi connectivity index (χ1n) is 8.50. The average molecular weight is 428 g/mol. The average Bonchev–Trinajstić information content (AvgIpc) is 2.61. The molecule has 1 rings (SSSR count). The number of hydrogen-bond donors (Lipinski definition) is 0. The van der Waals surface area contributed by atoms with Gasteiger partial charge in [-0.3, -0.25) is 4.18 Å². The van der Waals surface area contributed by atoms with Crippen LogP contribution < -0.4 is 4.74 Å². The van der Waals surface area contributed by atoms with Gasteiger partial charge in [0.2, 0.25) is 0 Å². The molecular formula is C17H26F2O8S. The summed E-state index contributed by atoms with van der Waals surface area (Å²) >= 11 is 0. The smallest absolute Gasteiger partial charge is 0.264 e. The zero-order chi connectivity index (χ0) is 20.8. The van der Waals surface area contributed by atoms with E-state index in [2.05, 4.69) is 4.18 Å². The van der Waals surface area contributed by atoms with Crippen LogP contribution in [0.1, 0.15) is 5.56 Å². The Hall–Kier alpha value is -1.37. The SMILES string of the molecule is COCCOCCOCCOCCOc1cc(F)c(COS(C)(=O)=O)c(F)c1. The fourth-order valence-electron chi connectivity index (χ4n) is 1.87. The summed E-state index contributed by atoms with van der Waals surface area (Å²) in [6, 6.07) is 1.91. The maximum atomic E-state index is 13.9. The number of rotatable bonds is 16. The third-order valence-electron chi connectivity index (χ3n) is 3.20. The van der Waals surface area contributed by atoms with Gasteiger partial charge in [0.1, 0.15) is 24.0 Å². The second-order valence-electron chi connectivity index (χ2n) is 5.51. The summed E-state index contributed by atoms with van der Waals surface area (Å²) in [6.45, 7) is 2.24. The van der Waals surface area contributed by atoms with E-state index in [1.54, 1.807) is 7.11 Å². The van der Waals surface area contributed by atoms with Crippen LogP contribution in [0.3, 0.4) is 0 Å². The van der Waals surface area contributed by atoms with Gasteiger partial charge in [-0.15, -0.1) is 0 Å². The van der Waals surface area contributed by atoms with Gasteiger partial charge in [-0.05, 0) is 0 Å². The number of methoxy groups -OCH3 is 1. The van der Waals surface area contributed by atoms with Crippen LogP contribution in [0, 0.1) is 11.6 Å². The lowest BCUT2D eigenvalue weighted by Crippen LogP contribution is -2.13. The fraction of sp³-hybridized carbons (Fsp3) is 0.647. The molecule has 0 fully saturated rings. The van der Waals surface area contributed by atoms with E-state index in [0.29, 0.717) is 39.6 Å². The maximum Gasteiger partial charge on any atom is 0.264 e.